The molecule has 2 aromatic carbocycles. The molecule has 0 aliphatic carbocycles. The van der Waals surface area contributed by atoms with Crippen molar-refractivity contribution < 1.29 is 4.74 Å². The number of hydrogen-bond acceptors (Lipinski definition) is 2. The van der Waals surface area contributed by atoms with Crippen LogP contribution in [0.25, 0.3) is 16.6 Å². The molecule has 0 radical (unpaired) electrons. The maximum atomic E-state index is 12.7. The quantitative estimate of drug-likeness (QED) is 0.623. The summed E-state index contributed by atoms with van der Waals surface area (Å²) in [4.78, 5) is 12.7. The largest absolute Gasteiger partial charge is 0.488 e. The van der Waals surface area contributed by atoms with Crippen molar-refractivity contribution in [2.75, 3.05) is 0 Å². The maximum Gasteiger partial charge on any atom is 0.262 e. The summed E-state index contributed by atoms with van der Waals surface area (Å²) < 4.78 is 7.70. The lowest BCUT2D eigenvalue weighted by Gasteiger charge is -2.14. The van der Waals surface area contributed by atoms with Crippen molar-refractivity contribution in [3.8, 4) is 11.4 Å². The number of aromatic nitrogens is 1. The van der Waals surface area contributed by atoms with Crippen molar-refractivity contribution in [2.45, 2.75) is 13.5 Å². The van der Waals surface area contributed by atoms with Crippen LogP contribution in [-0.2, 0) is 6.61 Å². The Labute approximate surface area is 116 Å². The number of benzene rings is 2. The first-order chi connectivity index (χ1) is 9.75. The highest BCUT2D eigenvalue weighted by atomic mass is 16.5. The molecule has 0 N–H and O–H groups in total. The van der Waals surface area contributed by atoms with Crippen LogP contribution >= 0.6 is 0 Å². The van der Waals surface area contributed by atoms with E-state index in [2.05, 4.69) is 0 Å². The normalized spacial score (nSPS) is 12.7. The third-order valence-electron chi connectivity index (χ3n) is 3.81. The Morgan fingerprint density at radius 2 is 1.95 bits per heavy atom. The van der Waals surface area contributed by atoms with E-state index in [0.29, 0.717) is 17.9 Å². The predicted octanol–water partition coefficient (Wildman–Crippen LogP) is 3.19. The van der Waals surface area contributed by atoms with E-state index in [-0.39, 0.29) is 5.56 Å². The van der Waals surface area contributed by atoms with Crippen molar-refractivity contribution in [3.05, 3.63) is 70.0 Å². The van der Waals surface area contributed by atoms with Gasteiger partial charge in [-0.2, -0.15) is 0 Å². The maximum absolute atomic E-state index is 12.7. The van der Waals surface area contributed by atoms with Crippen LogP contribution in [0.15, 0.2) is 53.3 Å². The third kappa shape index (κ3) is 1.43. The van der Waals surface area contributed by atoms with E-state index in [1.54, 1.807) is 4.57 Å². The zero-order chi connectivity index (χ0) is 13.7. The molecule has 0 amide bonds. The first kappa shape index (κ1) is 11.3. The Morgan fingerprint density at radius 1 is 1.10 bits per heavy atom. The van der Waals surface area contributed by atoms with Crippen LogP contribution in [0.1, 0.15) is 11.1 Å². The number of rotatable bonds is 0. The summed E-state index contributed by atoms with van der Waals surface area (Å²) in [5.74, 6) is 0.698. The van der Waals surface area contributed by atoms with Crippen LogP contribution in [0.3, 0.4) is 0 Å². The summed E-state index contributed by atoms with van der Waals surface area (Å²) in [5, 5.41) is 0.979. The van der Waals surface area contributed by atoms with Gasteiger partial charge in [-0.1, -0.05) is 24.3 Å². The summed E-state index contributed by atoms with van der Waals surface area (Å²) >= 11 is 0. The molecule has 3 aromatic rings. The van der Waals surface area contributed by atoms with Crippen molar-refractivity contribution >= 4 is 10.9 Å². The van der Waals surface area contributed by atoms with Gasteiger partial charge in [-0.25, -0.2) is 0 Å². The monoisotopic (exact) mass is 263 g/mol. The highest BCUT2D eigenvalue weighted by molar-refractivity contribution is 5.88. The van der Waals surface area contributed by atoms with E-state index < -0.39 is 0 Å². The molecular formula is C17H13NO2. The molecule has 0 saturated carbocycles. The van der Waals surface area contributed by atoms with E-state index in [1.165, 1.54) is 0 Å². The van der Waals surface area contributed by atoms with E-state index >= 15 is 0 Å². The van der Waals surface area contributed by atoms with Gasteiger partial charge >= 0.3 is 0 Å². The van der Waals surface area contributed by atoms with Crippen LogP contribution in [0.4, 0.5) is 0 Å². The number of ether oxygens (including phenoxy) is 1. The van der Waals surface area contributed by atoms with Gasteiger partial charge in [-0.3, -0.25) is 9.36 Å². The number of nitrogens with zero attached hydrogens (tertiary/aromatic N) is 1. The van der Waals surface area contributed by atoms with Crippen molar-refractivity contribution in [2.24, 2.45) is 0 Å². The second-order valence-electron chi connectivity index (χ2n) is 5.07. The van der Waals surface area contributed by atoms with Crippen LogP contribution in [-0.4, -0.2) is 4.57 Å². The van der Waals surface area contributed by atoms with Crippen LogP contribution in [0.2, 0.25) is 0 Å². The van der Waals surface area contributed by atoms with E-state index in [4.69, 9.17) is 4.74 Å². The Morgan fingerprint density at radius 3 is 2.85 bits per heavy atom. The zero-order valence-corrected chi connectivity index (χ0v) is 11.1. The average Bonchev–Trinajstić information content (AvgIpc) is 2.54. The lowest BCUT2D eigenvalue weighted by molar-refractivity contribution is 0.308. The number of pyridine rings is 1. The highest BCUT2D eigenvalue weighted by Crippen LogP contribution is 2.31. The lowest BCUT2D eigenvalue weighted by atomic mass is 10.1. The molecule has 3 nitrogen and oxygen atoms in total. The van der Waals surface area contributed by atoms with Gasteiger partial charge in [0.2, 0.25) is 0 Å². The van der Waals surface area contributed by atoms with Crippen LogP contribution in [0.5, 0.6) is 5.75 Å². The first-order valence-electron chi connectivity index (χ1n) is 6.62. The molecule has 4 bridgehead atoms. The molecule has 98 valence electrons. The lowest BCUT2D eigenvalue weighted by Crippen LogP contribution is -2.21. The van der Waals surface area contributed by atoms with Crippen LogP contribution < -0.4 is 10.3 Å². The summed E-state index contributed by atoms with van der Waals surface area (Å²) in [6, 6.07) is 15.8. The molecule has 0 saturated heterocycles. The molecular weight excluding hydrogens is 250 g/mol. The average molecular weight is 263 g/mol. The van der Waals surface area contributed by atoms with Gasteiger partial charge in [0.1, 0.15) is 12.4 Å². The molecule has 2 aliphatic heterocycles. The fourth-order valence-electron chi connectivity index (χ4n) is 2.82. The summed E-state index contributed by atoms with van der Waals surface area (Å²) in [6.07, 6.45) is 0. The van der Waals surface area contributed by atoms with E-state index in [0.717, 1.165) is 22.2 Å². The van der Waals surface area contributed by atoms with Crippen LogP contribution in [0, 0.1) is 6.92 Å². The molecule has 5 rings (SSSR count). The zero-order valence-electron chi connectivity index (χ0n) is 11.1. The standard InChI is InChI=1S/C17H13NO2/c1-11-16-14-7-2-3-8-15(14)18(17(11)19)13-6-4-5-12(9-13)10-20-16/h2-9H,10H2,1H3. The molecule has 0 spiro atoms. The molecule has 0 fully saturated rings. The van der Waals surface area contributed by atoms with Gasteiger partial charge in [0, 0.05) is 11.1 Å². The summed E-state index contributed by atoms with van der Waals surface area (Å²) in [5.41, 5.74) is 3.49. The van der Waals surface area contributed by atoms with Gasteiger partial charge in [-0.05, 0) is 36.8 Å². The van der Waals surface area contributed by atoms with Gasteiger partial charge in [-0.15, -0.1) is 0 Å². The van der Waals surface area contributed by atoms with Crippen molar-refractivity contribution in [1.29, 1.82) is 0 Å². The fraction of sp³-hybridized carbons (Fsp3) is 0.118. The van der Waals surface area contributed by atoms with Crippen molar-refractivity contribution in [1.82, 2.24) is 4.57 Å². The molecule has 3 heterocycles. The Bertz CT molecular complexity index is 893. The second kappa shape index (κ2) is 3.97. The molecule has 0 atom stereocenters. The van der Waals surface area contributed by atoms with Gasteiger partial charge in [0.05, 0.1) is 11.1 Å². The van der Waals surface area contributed by atoms with E-state index in [1.807, 2.05) is 55.5 Å². The fourth-order valence-corrected chi connectivity index (χ4v) is 2.82. The van der Waals surface area contributed by atoms with Crippen molar-refractivity contribution in [3.63, 3.8) is 0 Å². The molecule has 1 aromatic heterocycles. The number of hydrogen-bond donors (Lipinski definition) is 0. The number of fused-ring (bicyclic) bond motifs is 2. The van der Waals surface area contributed by atoms with Gasteiger partial charge in [0.15, 0.2) is 0 Å². The second-order valence-corrected chi connectivity index (χ2v) is 5.07. The first-order valence-corrected chi connectivity index (χ1v) is 6.62. The molecule has 3 heteroatoms. The highest BCUT2D eigenvalue weighted by Gasteiger charge is 2.18. The Balaban J connectivity index is 2.29. The molecule has 20 heavy (non-hydrogen) atoms. The minimum absolute atomic E-state index is 0.0160. The van der Waals surface area contributed by atoms with Gasteiger partial charge in [0.25, 0.3) is 5.56 Å². The minimum Gasteiger partial charge on any atom is -0.488 e. The van der Waals surface area contributed by atoms with E-state index in [9.17, 15) is 4.79 Å². The summed E-state index contributed by atoms with van der Waals surface area (Å²) in [7, 11) is 0. The SMILES string of the molecule is Cc1c2c3ccccc3n(c1=O)-c1cccc(c1)CO2. The molecule has 0 unspecified atom stereocenters. The molecule has 2 aliphatic rings. The summed E-state index contributed by atoms with van der Waals surface area (Å²) in [6.45, 7) is 2.31. The Hall–Kier alpha value is -2.55. The smallest absolute Gasteiger partial charge is 0.262 e. The third-order valence-corrected chi connectivity index (χ3v) is 3.81. The predicted molar refractivity (Wildman–Crippen MR) is 78.6 cm³/mol. The number of para-hydroxylation sites is 1. The van der Waals surface area contributed by atoms with Gasteiger partial charge < -0.3 is 4.74 Å². The Kier molecular flexibility index (Phi) is 2.24. The topological polar surface area (TPSA) is 31.2 Å². The minimum atomic E-state index is -0.0160.